The topological polar surface area (TPSA) is 112 Å². The molecule has 1 aliphatic heterocycles. The highest BCUT2D eigenvalue weighted by Gasteiger charge is 2.34. The molecule has 2 aromatic rings. The molecule has 2 fully saturated rings. The highest BCUT2D eigenvalue weighted by atomic mass is 19.1. The van der Waals surface area contributed by atoms with Gasteiger partial charge in [0.05, 0.1) is 30.7 Å². The molecule has 0 radical (unpaired) electrons. The van der Waals surface area contributed by atoms with Gasteiger partial charge in [-0.3, -0.25) is 4.79 Å². The summed E-state index contributed by atoms with van der Waals surface area (Å²) in [5.74, 6) is -2.06. The molecule has 0 spiro atoms. The summed E-state index contributed by atoms with van der Waals surface area (Å²) in [4.78, 5) is 26.0. The smallest absolute Gasteiger partial charge is 0.341 e. The third-order valence-corrected chi connectivity index (χ3v) is 5.85. The van der Waals surface area contributed by atoms with Gasteiger partial charge in [-0.2, -0.15) is 0 Å². The van der Waals surface area contributed by atoms with E-state index < -0.39 is 28.9 Å². The van der Waals surface area contributed by atoms with Gasteiger partial charge < -0.3 is 29.5 Å². The summed E-state index contributed by atoms with van der Waals surface area (Å²) in [5, 5.41) is 28.5. The molecule has 0 bridgehead atoms. The average Bonchev–Trinajstić information content (AvgIpc) is 3.43. The minimum absolute atomic E-state index is 0.0268. The second kappa shape index (κ2) is 7.31. The number of aromatic nitrogens is 1. The van der Waals surface area contributed by atoms with Gasteiger partial charge in [0.25, 0.3) is 0 Å². The second-order valence-corrected chi connectivity index (χ2v) is 7.70. The van der Waals surface area contributed by atoms with Crippen LogP contribution in [0.1, 0.15) is 35.7 Å². The number of rotatable bonds is 6. The second-order valence-electron chi connectivity index (χ2n) is 7.70. The Kier molecular flexibility index (Phi) is 4.95. The quantitative estimate of drug-likeness (QED) is 0.664. The summed E-state index contributed by atoms with van der Waals surface area (Å²) in [6, 6.07) is 1.11. The molecule has 1 aliphatic carbocycles. The molecule has 1 aromatic heterocycles. The lowest BCUT2D eigenvalue weighted by molar-refractivity contribution is 0.0545. The van der Waals surface area contributed by atoms with Gasteiger partial charge in [-0.1, -0.05) is 0 Å². The van der Waals surface area contributed by atoms with Crippen LogP contribution in [0.3, 0.4) is 0 Å². The van der Waals surface area contributed by atoms with E-state index in [2.05, 4.69) is 0 Å². The maximum Gasteiger partial charge on any atom is 0.341 e. The van der Waals surface area contributed by atoms with Gasteiger partial charge in [0.1, 0.15) is 11.3 Å². The molecular formula is C20H23FN2O6. The van der Waals surface area contributed by atoms with Gasteiger partial charge in [-0.25, -0.2) is 9.18 Å². The van der Waals surface area contributed by atoms with Crippen LogP contribution >= 0.6 is 0 Å². The number of hydrogen-bond donors (Lipinski definition) is 3. The zero-order chi connectivity index (χ0) is 20.9. The molecule has 156 valence electrons. The lowest BCUT2D eigenvalue weighted by atomic mass is 10.0. The molecular weight excluding hydrogens is 383 g/mol. The number of carboxylic acids is 1. The molecule has 1 aromatic carbocycles. The maximum atomic E-state index is 15.2. The van der Waals surface area contributed by atoms with E-state index in [1.54, 1.807) is 9.47 Å². The Labute approximate surface area is 165 Å². The van der Waals surface area contributed by atoms with Gasteiger partial charge in [-0.15, -0.1) is 0 Å². The molecule has 8 nitrogen and oxygen atoms in total. The number of pyridine rings is 1. The fourth-order valence-electron chi connectivity index (χ4n) is 4.18. The summed E-state index contributed by atoms with van der Waals surface area (Å²) >= 11 is 0. The van der Waals surface area contributed by atoms with Gasteiger partial charge in [0, 0.05) is 31.2 Å². The number of carboxylic acid groups (broad SMARTS) is 1. The molecule has 1 saturated heterocycles. The molecule has 0 unspecified atom stereocenters. The molecule has 0 amide bonds. The Hall–Kier alpha value is -2.65. The van der Waals surface area contributed by atoms with Crippen LogP contribution in [0.15, 0.2) is 17.1 Å². The zero-order valence-electron chi connectivity index (χ0n) is 16.0. The number of halogens is 1. The summed E-state index contributed by atoms with van der Waals surface area (Å²) < 4.78 is 22.4. The van der Waals surface area contributed by atoms with Crippen LogP contribution in [0.5, 0.6) is 5.75 Å². The average molecular weight is 406 g/mol. The third kappa shape index (κ3) is 3.24. The summed E-state index contributed by atoms with van der Waals surface area (Å²) in [6.45, 7) is 0.428. The van der Waals surface area contributed by atoms with E-state index in [1.807, 2.05) is 0 Å². The van der Waals surface area contributed by atoms with Gasteiger partial charge in [0.15, 0.2) is 11.6 Å². The van der Waals surface area contributed by atoms with Crippen molar-refractivity contribution in [1.29, 1.82) is 0 Å². The van der Waals surface area contributed by atoms with E-state index in [4.69, 9.17) is 4.74 Å². The van der Waals surface area contributed by atoms with Gasteiger partial charge >= 0.3 is 5.97 Å². The van der Waals surface area contributed by atoms with Crippen molar-refractivity contribution in [1.82, 2.24) is 4.57 Å². The number of fused-ring (bicyclic) bond motifs is 1. The van der Waals surface area contributed by atoms with Crippen LogP contribution in [0, 0.1) is 11.7 Å². The van der Waals surface area contributed by atoms with Crippen LogP contribution < -0.4 is 15.1 Å². The van der Waals surface area contributed by atoms with E-state index in [9.17, 15) is 24.9 Å². The molecule has 2 heterocycles. The fourth-order valence-corrected chi connectivity index (χ4v) is 4.18. The molecule has 3 N–H and O–H groups in total. The SMILES string of the molecule is COc1c(N2CC[C@@H]([C@@H](O)CO)C2)c(F)cc2c(=O)c(C(=O)O)cn(C3CC3)c12. The summed E-state index contributed by atoms with van der Waals surface area (Å²) in [5.41, 5.74) is -0.578. The first-order valence-electron chi connectivity index (χ1n) is 9.59. The monoisotopic (exact) mass is 406 g/mol. The van der Waals surface area contributed by atoms with E-state index in [0.29, 0.717) is 25.0 Å². The largest absolute Gasteiger partial charge is 0.492 e. The van der Waals surface area contributed by atoms with Gasteiger partial charge in [-0.05, 0) is 25.3 Å². The Morgan fingerprint density at radius 2 is 2.10 bits per heavy atom. The minimum atomic E-state index is -1.35. The van der Waals surface area contributed by atoms with E-state index in [1.165, 1.54) is 13.3 Å². The molecule has 4 rings (SSSR count). The third-order valence-electron chi connectivity index (χ3n) is 5.85. The summed E-state index contributed by atoms with van der Waals surface area (Å²) in [7, 11) is 1.39. The van der Waals surface area contributed by atoms with Crippen molar-refractivity contribution in [2.75, 3.05) is 31.7 Å². The number of aliphatic hydroxyl groups excluding tert-OH is 2. The predicted octanol–water partition coefficient (Wildman–Crippen LogP) is 1.36. The molecule has 2 aliphatic rings. The molecule has 9 heteroatoms. The standard InChI is InChI=1S/C20H23FN2O6/c1-29-19-16-12(18(26)13(20(27)28)8-23(16)11-2-3-11)6-14(21)17(19)22-5-4-10(7-22)15(25)9-24/h6,8,10-11,15,24-25H,2-5,7,9H2,1H3,(H,27,28)/t10-,15+/m1/s1. The van der Waals surface area contributed by atoms with Crippen molar-refractivity contribution >= 4 is 22.6 Å². The normalized spacial score (nSPS) is 20.3. The maximum absolute atomic E-state index is 15.2. The highest BCUT2D eigenvalue weighted by Crippen LogP contribution is 2.44. The lowest BCUT2D eigenvalue weighted by Gasteiger charge is -2.25. The minimum Gasteiger partial charge on any atom is -0.492 e. The number of nitrogens with zero attached hydrogens (tertiary/aromatic N) is 2. The molecule has 1 saturated carbocycles. The number of hydrogen-bond acceptors (Lipinski definition) is 6. The van der Waals surface area contributed by atoms with Crippen molar-refractivity contribution in [3.63, 3.8) is 0 Å². The van der Waals surface area contributed by atoms with E-state index in [0.717, 1.165) is 18.9 Å². The Morgan fingerprint density at radius 1 is 1.38 bits per heavy atom. The van der Waals surface area contributed by atoms with Crippen LogP contribution in [0.25, 0.3) is 10.9 Å². The highest BCUT2D eigenvalue weighted by molar-refractivity contribution is 5.97. The summed E-state index contributed by atoms with van der Waals surface area (Å²) in [6.07, 6.45) is 2.67. The molecule has 29 heavy (non-hydrogen) atoms. The van der Waals surface area contributed by atoms with Crippen molar-refractivity contribution in [3.05, 3.63) is 33.9 Å². The number of aliphatic hydroxyl groups is 2. The van der Waals surface area contributed by atoms with Crippen LogP contribution in [-0.2, 0) is 0 Å². The molecule has 2 atom stereocenters. The number of aromatic carboxylic acids is 1. The lowest BCUT2D eigenvalue weighted by Crippen LogP contribution is -2.29. The fraction of sp³-hybridized carbons (Fsp3) is 0.500. The first-order valence-corrected chi connectivity index (χ1v) is 9.59. The number of ether oxygens (including phenoxy) is 1. The Balaban J connectivity index is 1.93. The Bertz CT molecular complexity index is 1030. The van der Waals surface area contributed by atoms with Crippen molar-refractivity contribution < 1.29 is 29.2 Å². The van der Waals surface area contributed by atoms with Crippen LogP contribution in [-0.4, -0.2) is 58.8 Å². The van der Waals surface area contributed by atoms with Crippen LogP contribution in [0.4, 0.5) is 10.1 Å². The van der Waals surface area contributed by atoms with Crippen molar-refractivity contribution in [2.24, 2.45) is 5.92 Å². The van der Waals surface area contributed by atoms with Crippen molar-refractivity contribution in [2.45, 2.75) is 31.4 Å². The first-order chi connectivity index (χ1) is 13.9. The number of benzene rings is 1. The van der Waals surface area contributed by atoms with Crippen LogP contribution in [0.2, 0.25) is 0 Å². The van der Waals surface area contributed by atoms with E-state index in [-0.39, 0.29) is 35.4 Å². The van der Waals surface area contributed by atoms with Gasteiger partial charge in [0.2, 0.25) is 5.43 Å². The number of carbonyl (C=O) groups is 1. The Morgan fingerprint density at radius 3 is 2.69 bits per heavy atom. The zero-order valence-corrected chi connectivity index (χ0v) is 16.0. The number of methoxy groups -OCH3 is 1. The predicted molar refractivity (Wildman–Crippen MR) is 103 cm³/mol. The van der Waals surface area contributed by atoms with E-state index >= 15 is 4.39 Å². The number of anilines is 1. The first kappa shape index (κ1) is 19.7. The van der Waals surface area contributed by atoms with Crippen molar-refractivity contribution in [3.8, 4) is 5.75 Å².